The van der Waals surface area contributed by atoms with Gasteiger partial charge in [-0.05, 0) is 36.8 Å². The highest BCUT2D eigenvalue weighted by Gasteiger charge is 2.57. The zero-order valence-electron chi connectivity index (χ0n) is 16.1. The van der Waals surface area contributed by atoms with Crippen molar-refractivity contribution in [2.24, 2.45) is 0 Å². The molecule has 1 aliphatic heterocycles. The molecule has 2 aromatic carbocycles. The van der Waals surface area contributed by atoms with Crippen molar-refractivity contribution in [2.45, 2.75) is 37.2 Å². The molecule has 0 fully saturated rings. The van der Waals surface area contributed by atoms with Crippen LogP contribution >= 0.6 is 11.6 Å². The van der Waals surface area contributed by atoms with Crippen molar-refractivity contribution in [1.29, 1.82) is 0 Å². The number of para-hydroxylation sites is 2. The van der Waals surface area contributed by atoms with Gasteiger partial charge in [0.1, 0.15) is 0 Å². The molecule has 4 atom stereocenters. The monoisotopic (exact) mass is 435 g/mol. The number of carboxylic acid groups (broad SMARTS) is 2. The molecule has 0 saturated heterocycles. The Labute approximate surface area is 178 Å². The number of rotatable bonds is 8. The van der Waals surface area contributed by atoms with Crippen LogP contribution in [-0.4, -0.2) is 51.5 Å². The molecule has 1 aliphatic rings. The highest BCUT2D eigenvalue weighted by atomic mass is 35.5. The second kappa shape index (κ2) is 8.91. The molecule has 0 aliphatic carbocycles. The van der Waals surface area contributed by atoms with Crippen molar-refractivity contribution in [3.05, 3.63) is 59.1 Å². The number of hydrogen-bond donors (Lipinski definition) is 4. The quantitative estimate of drug-likeness (QED) is 0.498. The predicted octanol–water partition coefficient (Wildman–Crippen LogP) is 2.49. The number of hydrogen-bond acceptors (Lipinski definition) is 6. The number of benzene rings is 2. The van der Waals surface area contributed by atoms with E-state index in [1.54, 1.807) is 43.3 Å². The van der Waals surface area contributed by atoms with Gasteiger partial charge < -0.3 is 30.1 Å². The summed E-state index contributed by atoms with van der Waals surface area (Å²) in [6.45, 7) is 1.78. The van der Waals surface area contributed by atoms with Crippen LogP contribution in [0.4, 0.5) is 0 Å². The lowest BCUT2D eigenvalue weighted by atomic mass is 9.87. The Bertz CT molecular complexity index is 937. The van der Waals surface area contributed by atoms with E-state index in [-0.39, 0.29) is 24.5 Å². The van der Waals surface area contributed by atoms with Crippen molar-refractivity contribution in [3.63, 3.8) is 0 Å². The third-order valence-electron chi connectivity index (χ3n) is 4.90. The maximum atomic E-state index is 12.2. The van der Waals surface area contributed by atoms with Gasteiger partial charge in [-0.1, -0.05) is 35.9 Å². The smallest absolute Gasteiger partial charge is 0.352 e. The van der Waals surface area contributed by atoms with E-state index in [4.69, 9.17) is 21.1 Å². The van der Waals surface area contributed by atoms with E-state index in [1.807, 2.05) is 0 Å². The predicted molar refractivity (Wildman–Crippen MR) is 108 cm³/mol. The van der Waals surface area contributed by atoms with E-state index < -0.39 is 35.8 Å². The Hall–Kier alpha value is -2.81. The van der Waals surface area contributed by atoms with Gasteiger partial charge in [0, 0.05) is 24.0 Å². The number of aliphatic hydroxyl groups is 1. The van der Waals surface area contributed by atoms with Crippen LogP contribution in [0.5, 0.6) is 11.5 Å². The number of fused-ring (bicyclic) bond motifs is 1. The third kappa shape index (κ3) is 4.51. The van der Waals surface area contributed by atoms with Crippen LogP contribution in [0.25, 0.3) is 0 Å². The van der Waals surface area contributed by atoms with E-state index in [0.29, 0.717) is 10.6 Å². The van der Waals surface area contributed by atoms with Gasteiger partial charge in [-0.15, -0.1) is 0 Å². The van der Waals surface area contributed by atoms with Gasteiger partial charge in [0.05, 0.1) is 6.10 Å². The van der Waals surface area contributed by atoms with E-state index in [0.717, 1.165) is 0 Å². The molecule has 8 nitrogen and oxygen atoms in total. The Morgan fingerprint density at radius 3 is 2.50 bits per heavy atom. The highest BCUT2D eigenvalue weighted by molar-refractivity contribution is 6.30. The molecule has 160 valence electrons. The number of nitrogens with one attached hydrogen (secondary N) is 1. The number of aliphatic hydroxyl groups excluding tert-OH is 1. The van der Waals surface area contributed by atoms with Gasteiger partial charge in [0.25, 0.3) is 5.60 Å². The summed E-state index contributed by atoms with van der Waals surface area (Å²) in [6.07, 6.45) is -2.84. The highest BCUT2D eigenvalue weighted by Crippen LogP contribution is 2.40. The summed E-state index contributed by atoms with van der Waals surface area (Å²) >= 11 is 5.94. The van der Waals surface area contributed by atoms with Crippen LogP contribution in [0.2, 0.25) is 5.02 Å². The van der Waals surface area contributed by atoms with Gasteiger partial charge in [-0.25, -0.2) is 9.59 Å². The number of carboxylic acids is 2. The van der Waals surface area contributed by atoms with Crippen LogP contribution in [0.3, 0.4) is 0 Å². The molecule has 9 heteroatoms. The van der Waals surface area contributed by atoms with E-state index in [1.165, 1.54) is 12.1 Å². The lowest BCUT2D eigenvalue weighted by Gasteiger charge is -2.40. The first kappa shape index (κ1) is 21.9. The van der Waals surface area contributed by atoms with Gasteiger partial charge in [0.15, 0.2) is 11.5 Å². The zero-order valence-corrected chi connectivity index (χ0v) is 16.9. The fraction of sp³-hybridized carbons (Fsp3) is 0.333. The average molecular weight is 436 g/mol. The Kier molecular flexibility index (Phi) is 6.50. The van der Waals surface area contributed by atoms with Crippen molar-refractivity contribution in [1.82, 2.24) is 5.32 Å². The van der Waals surface area contributed by atoms with Crippen molar-refractivity contribution in [2.75, 3.05) is 6.54 Å². The molecule has 4 N–H and O–H groups in total. The van der Waals surface area contributed by atoms with Crippen LogP contribution in [0.1, 0.15) is 25.0 Å². The molecular weight excluding hydrogens is 414 g/mol. The fourth-order valence-electron chi connectivity index (χ4n) is 3.42. The zero-order chi connectivity index (χ0) is 21.9. The molecule has 30 heavy (non-hydrogen) atoms. The summed E-state index contributed by atoms with van der Waals surface area (Å²) in [5, 5.41) is 33.4. The molecule has 0 saturated carbocycles. The molecule has 3 rings (SSSR count). The summed E-state index contributed by atoms with van der Waals surface area (Å²) in [6, 6.07) is 12.5. The summed E-state index contributed by atoms with van der Waals surface area (Å²) in [4.78, 5) is 24.0. The lowest BCUT2D eigenvalue weighted by Crippen LogP contribution is -2.63. The van der Waals surface area contributed by atoms with Gasteiger partial charge >= 0.3 is 11.9 Å². The Balaban J connectivity index is 1.76. The van der Waals surface area contributed by atoms with Crippen molar-refractivity contribution >= 4 is 23.5 Å². The maximum Gasteiger partial charge on any atom is 0.352 e. The summed E-state index contributed by atoms with van der Waals surface area (Å²) < 4.78 is 11.2. The molecule has 2 aromatic rings. The third-order valence-corrected chi connectivity index (χ3v) is 5.13. The Morgan fingerprint density at radius 1 is 1.17 bits per heavy atom. The lowest BCUT2D eigenvalue weighted by molar-refractivity contribution is -0.182. The molecule has 2 unspecified atom stereocenters. The van der Waals surface area contributed by atoms with Crippen molar-refractivity contribution < 1.29 is 34.4 Å². The molecule has 0 radical (unpaired) electrons. The van der Waals surface area contributed by atoms with E-state index >= 15 is 0 Å². The van der Waals surface area contributed by atoms with Gasteiger partial charge in [-0.3, -0.25) is 0 Å². The first-order chi connectivity index (χ1) is 14.2. The molecule has 0 bridgehead atoms. The number of carbonyl (C=O) groups is 2. The number of halogens is 1. The van der Waals surface area contributed by atoms with Crippen LogP contribution in [-0.2, 0) is 9.59 Å². The van der Waals surface area contributed by atoms with Gasteiger partial charge in [-0.2, -0.15) is 0 Å². The van der Waals surface area contributed by atoms with Gasteiger partial charge in [0.2, 0.25) is 6.10 Å². The largest absolute Gasteiger partial charge is 0.478 e. The SMILES string of the molecule is C[C@H](CC1(C(=O)O)Oc2ccccc2OC1C(=O)O)NC[C@H](O)c1cccc(Cl)c1. The number of ether oxygens (including phenoxy) is 2. The van der Waals surface area contributed by atoms with E-state index in [9.17, 15) is 24.9 Å². The molecular formula is C21H22ClNO7. The van der Waals surface area contributed by atoms with Crippen molar-refractivity contribution in [3.8, 4) is 11.5 Å². The standard InChI is InChI=1S/C21H22ClNO7/c1-12(23-11-15(24)13-5-4-6-14(22)9-13)10-21(20(27)28)18(19(25)26)29-16-7-2-3-8-17(16)30-21/h2-9,12,15,18,23-24H,10-11H2,1H3,(H,25,26)(H,27,28)/t12-,15+,18?,21?/m1/s1. The second-order valence-electron chi connectivity index (χ2n) is 7.16. The summed E-state index contributed by atoms with van der Waals surface area (Å²) in [5.74, 6) is -2.58. The molecule has 1 heterocycles. The second-order valence-corrected chi connectivity index (χ2v) is 7.60. The maximum absolute atomic E-state index is 12.2. The first-order valence-electron chi connectivity index (χ1n) is 9.31. The average Bonchev–Trinajstić information content (AvgIpc) is 2.71. The van der Waals surface area contributed by atoms with E-state index in [2.05, 4.69) is 5.32 Å². The molecule has 0 amide bonds. The minimum absolute atomic E-state index is 0.104. The summed E-state index contributed by atoms with van der Waals surface area (Å²) in [7, 11) is 0. The minimum Gasteiger partial charge on any atom is -0.478 e. The van der Waals surface area contributed by atoms with Crippen LogP contribution < -0.4 is 14.8 Å². The van der Waals surface area contributed by atoms with Crippen LogP contribution in [0.15, 0.2) is 48.5 Å². The first-order valence-corrected chi connectivity index (χ1v) is 9.68. The summed E-state index contributed by atoms with van der Waals surface area (Å²) in [5.41, 5.74) is -1.54. The minimum atomic E-state index is -2.15. The number of aliphatic carboxylic acids is 2. The van der Waals surface area contributed by atoms with Crippen LogP contribution in [0, 0.1) is 0 Å². The topological polar surface area (TPSA) is 125 Å². The fourth-order valence-corrected chi connectivity index (χ4v) is 3.62. The molecule has 0 aromatic heterocycles. The molecule has 0 spiro atoms. The normalized spacial score (nSPS) is 22.2. The Morgan fingerprint density at radius 2 is 1.87 bits per heavy atom.